The number of nitrogens with one attached hydrogen (secondary N) is 1. The largest absolute Gasteiger partial charge is 0.416 e. The summed E-state index contributed by atoms with van der Waals surface area (Å²) in [7, 11) is 0. The van der Waals surface area contributed by atoms with Gasteiger partial charge in [-0.05, 0) is 65.2 Å². The van der Waals surface area contributed by atoms with Gasteiger partial charge in [0.15, 0.2) is 5.16 Å². The monoisotopic (exact) mass is 576 g/mol. The van der Waals surface area contributed by atoms with E-state index < -0.39 is 11.7 Å². The molecule has 5 aromatic rings. The molecule has 0 saturated heterocycles. The van der Waals surface area contributed by atoms with E-state index in [1.807, 2.05) is 47.0 Å². The second-order valence-electron chi connectivity index (χ2n) is 9.24. The molecule has 5 rings (SSSR count). The fraction of sp³-hybridized carbons (Fsp3) is 0.129. The van der Waals surface area contributed by atoms with Crippen LogP contribution in [0, 0.1) is 5.82 Å². The van der Waals surface area contributed by atoms with Crippen LogP contribution in [-0.2, 0) is 24.9 Å². The summed E-state index contributed by atoms with van der Waals surface area (Å²) in [5.41, 5.74) is 2.75. The van der Waals surface area contributed by atoms with Crippen LogP contribution in [0.15, 0.2) is 108 Å². The number of rotatable bonds is 9. The second-order valence-corrected chi connectivity index (χ2v) is 10.2. The van der Waals surface area contributed by atoms with Gasteiger partial charge in [-0.1, -0.05) is 66.4 Å². The third-order valence-corrected chi connectivity index (χ3v) is 7.28. The molecule has 0 aliphatic carbocycles. The molecule has 0 aliphatic rings. The minimum atomic E-state index is -4.44. The Kier molecular flexibility index (Phi) is 8.49. The molecule has 0 bridgehead atoms. The first-order valence-corrected chi connectivity index (χ1v) is 13.6. The number of thioether (sulfide) groups is 1. The van der Waals surface area contributed by atoms with Gasteiger partial charge >= 0.3 is 6.18 Å². The van der Waals surface area contributed by atoms with Crippen LogP contribution in [0.3, 0.4) is 0 Å². The highest BCUT2D eigenvalue weighted by molar-refractivity contribution is 7.98. The Bertz CT molecular complexity index is 1620. The van der Waals surface area contributed by atoms with Crippen molar-refractivity contribution >= 4 is 17.7 Å². The smallest absolute Gasteiger partial charge is 0.348 e. The molecule has 0 spiro atoms. The van der Waals surface area contributed by atoms with Crippen molar-refractivity contribution < 1.29 is 22.4 Å². The van der Waals surface area contributed by atoms with Gasteiger partial charge in [-0.3, -0.25) is 9.36 Å². The van der Waals surface area contributed by atoms with E-state index in [1.165, 1.54) is 36.0 Å². The molecule has 1 amide bonds. The molecule has 0 radical (unpaired) electrons. The Labute approximate surface area is 238 Å². The summed E-state index contributed by atoms with van der Waals surface area (Å²) in [5, 5.41) is 12.1. The fourth-order valence-corrected chi connectivity index (χ4v) is 5.11. The van der Waals surface area contributed by atoms with E-state index in [4.69, 9.17) is 0 Å². The van der Waals surface area contributed by atoms with Crippen molar-refractivity contribution in [3.8, 4) is 5.69 Å². The van der Waals surface area contributed by atoms with E-state index in [2.05, 4.69) is 15.5 Å². The van der Waals surface area contributed by atoms with Gasteiger partial charge in [-0.25, -0.2) is 4.39 Å². The summed E-state index contributed by atoms with van der Waals surface area (Å²) < 4.78 is 54.3. The molecule has 0 aliphatic heterocycles. The quantitative estimate of drug-likeness (QED) is 0.149. The maximum atomic E-state index is 13.6. The van der Waals surface area contributed by atoms with Crippen LogP contribution >= 0.6 is 11.8 Å². The molecule has 41 heavy (non-hydrogen) atoms. The molecule has 5 nitrogen and oxygen atoms in total. The van der Waals surface area contributed by atoms with Gasteiger partial charge in [0.1, 0.15) is 11.6 Å². The van der Waals surface area contributed by atoms with E-state index in [1.54, 1.807) is 24.3 Å². The van der Waals surface area contributed by atoms with Gasteiger partial charge in [0.2, 0.25) is 0 Å². The number of benzene rings is 4. The van der Waals surface area contributed by atoms with E-state index in [0.29, 0.717) is 28.5 Å². The zero-order valence-electron chi connectivity index (χ0n) is 21.6. The second kappa shape index (κ2) is 12.4. The van der Waals surface area contributed by atoms with Crippen LogP contribution in [0.5, 0.6) is 0 Å². The van der Waals surface area contributed by atoms with Crippen molar-refractivity contribution in [2.45, 2.75) is 30.1 Å². The standard InChI is InChI=1S/C31H24F4N4OS/c32-26-13-15-27(16-14-26)39-28(18-21-5-2-1-3-6-21)37-38-30(39)41-20-22-9-11-24(12-10-22)29(40)36-19-23-7-4-8-25(17-23)31(33,34)35/h1-17H,18-20H2,(H,36,40). The fourth-order valence-electron chi connectivity index (χ4n) is 4.18. The van der Waals surface area contributed by atoms with E-state index in [9.17, 15) is 22.4 Å². The van der Waals surface area contributed by atoms with Crippen molar-refractivity contribution in [2.75, 3.05) is 0 Å². The number of nitrogens with zero attached hydrogens (tertiary/aromatic N) is 3. The van der Waals surface area contributed by atoms with Gasteiger partial charge in [0.25, 0.3) is 5.91 Å². The van der Waals surface area contributed by atoms with Crippen LogP contribution in [0.4, 0.5) is 17.6 Å². The Morgan fingerprint density at radius 1 is 0.805 bits per heavy atom. The van der Waals surface area contributed by atoms with Gasteiger partial charge < -0.3 is 5.32 Å². The van der Waals surface area contributed by atoms with E-state index >= 15 is 0 Å². The zero-order chi connectivity index (χ0) is 28.8. The first kappa shape index (κ1) is 28.1. The molecular weight excluding hydrogens is 552 g/mol. The SMILES string of the molecule is O=C(NCc1cccc(C(F)(F)F)c1)c1ccc(CSc2nnc(Cc3ccccc3)n2-c2ccc(F)cc2)cc1. The average Bonchev–Trinajstić information content (AvgIpc) is 3.37. The molecule has 0 fully saturated rings. The molecule has 1 N–H and O–H groups in total. The number of carbonyl (C=O) groups excluding carboxylic acids is 1. The maximum Gasteiger partial charge on any atom is 0.416 e. The Balaban J connectivity index is 1.25. The highest BCUT2D eigenvalue weighted by Gasteiger charge is 2.30. The Morgan fingerprint density at radius 2 is 1.51 bits per heavy atom. The lowest BCUT2D eigenvalue weighted by atomic mass is 10.1. The number of carbonyl (C=O) groups is 1. The molecule has 1 aromatic heterocycles. The molecular formula is C31H24F4N4OS. The molecule has 208 valence electrons. The highest BCUT2D eigenvalue weighted by atomic mass is 32.2. The number of alkyl halides is 3. The summed E-state index contributed by atoms with van der Waals surface area (Å²) >= 11 is 1.46. The van der Waals surface area contributed by atoms with Crippen LogP contribution < -0.4 is 5.32 Å². The summed E-state index contributed by atoms with van der Waals surface area (Å²) in [5.74, 6) is 0.539. The Morgan fingerprint density at radius 3 is 2.22 bits per heavy atom. The lowest BCUT2D eigenvalue weighted by Crippen LogP contribution is -2.23. The van der Waals surface area contributed by atoms with Crippen LogP contribution in [0.25, 0.3) is 5.69 Å². The molecule has 4 aromatic carbocycles. The van der Waals surface area contributed by atoms with E-state index in [-0.39, 0.29) is 18.3 Å². The molecule has 0 saturated carbocycles. The van der Waals surface area contributed by atoms with Gasteiger partial charge in [-0.2, -0.15) is 13.2 Å². The topological polar surface area (TPSA) is 59.8 Å². The number of aromatic nitrogens is 3. The first-order valence-electron chi connectivity index (χ1n) is 12.7. The number of amides is 1. The highest BCUT2D eigenvalue weighted by Crippen LogP contribution is 2.30. The van der Waals surface area contributed by atoms with Gasteiger partial charge in [-0.15, -0.1) is 10.2 Å². The molecule has 0 atom stereocenters. The normalized spacial score (nSPS) is 11.4. The lowest BCUT2D eigenvalue weighted by Gasteiger charge is -2.11. The summed E-state index contributed by atoms with van der Waals surface area (Å²) in [6.07, 6.45) is -3.89. The molecule has 0 unspecified atom stereocenters. The van der Waals surface area contributed by atoms with Crippen molar-refractivity contribution in [3.63, 3.8) is 0 Å². The molecule has 10 heteroatoms. The number of hydrogen-bond acceptors (Lipinski definition) is 4. The zero-order valence-corrected chi connectivity index (χ0v) is 22.4. The number of hydrogen-bond donors (Lipinski definition) is 1. The summed E-state index contributed by atoms with van der Waals surface area (Å²) in [6.45, 7) is -0.0231. The predicted octanol–water partition coefficient (Wildman–Crippen LogP) is 7.24. The van der Waals surface area contributed by atoms with Crippen molar-refractivity contribution in [2.24, 2.45) is 0 Å². The predicted molar refractivity (Wildman–Crippen MR) is 149 cm³/mol. The summed E-state index contributed by atoms with van der Waals surface area (Å²) in [6, 6.07) is 27.9. The summed E-state index contributed by atoms with van der Waals surface area (Å²) in [4.78, 5) is 12.6. The number of halogens is 4. The van der Waals surface area contributed by atoms with Crippen LogP contribution in [-0.4, -0.2) is 20.7 Å². The van der Waals surface area contributed by atoms with Crippen LogP contribution in [0.1, 0.15) is 38.4 Å². The van der Waals surface area contributed by atoms with E-state index in [0.717, 1.165) is 34.8 Å². The lowest BCUT2D eigenvalue weighted by molar-refractivity contribution is -0.137. The third-order valence-electron chi connectivity index (χ3n) is 6.28. The van der Waals surface area contributed by atoms with Crippen molar-refractivity contribution in [3.05, 3.63) is 143 Å². The van der Waals surface area contributed by atoms with Gasteiger partial charge in [0, 0.05) is 30.0 Å². The van der Waals surface area contributed by atoms with Crippen LogP contribution in [0.2, 0.25) is 0 Å². The van der Waals surface area contributed by atoms with Crippen molar-refractivity contribution in [1.82, 2.24) is 20.1 Å². The minimum Gasteiger partial charge on any atom is -0.348 e. The molecule has 1 heterocycles. The third kappa shape index (κ3) is 7.20. The average molecular weight is 577 g/mol. The Hall–Kier alpha value is -4.44. The maximum absolute atomic E-state index is 13.6. The van der Waals surface area contributed by atoms with Crippen molar-refractivity contribution in [1.29, 1.82) is 0 Å². The van der Waals surface area contributed by atoms with Gasteiger partial charge in [0.05, 0.1) is 5.56 Å². The first-order chi connectivity index (χ1) is 19.8. The minimum absolute atomic E-state index is 0.0231.